The monoisotopic (exact) mass is 404 g/mol. The number of hydrogen-bond acceptors (Lipinski definition) is 4. The number of amides is 1. The van der Waals surface area contributed by atoms with Crippen molar-refractivity contribution in [3.8, 4) is 22.6 Å². The van der Waals surface area contributed by atoms with E-state index in [2.05, 4.69) is 4.99 Å². The molecule has 1 unspecified atom stereocenters. The number of aliphatic imine (C=N–C) groups is 1. The van der Waals surface area contributed by atoms with E-state index in [0.29, 0.717) is 46.6 Å². The van der Waals surface area contributed by atoms with Crippen LogP contribution in [0.3, 0.4) is 0 Å². The molecule has 5 nitrogen and oxygen atoms in total. The summed E-state index contributed by atoms with van der Waals surface area (Å²) in [5, 5.41) is 11.0. The molecule has 0 aromatic heterocycles. The summed E-state index contributed by atoms with van der Waals surface area (Å²) in [6, 6.07) is 18.5. The molecule has 4 rings (SSSR count). The quantitative estimate of drug-likeness (QED) is 0.645. The second-order valence-corrected chi connectivity index (χ2v) is 7.11. The van der Waals surface area contributed by atoms with Gasteiger partial charge in [0.1, 0.15) is 30.0 Å². The molecule has 1 atom stereocenters. The molecule has 1 aliphatic heterocycles. The Kier molecular flexibility index (Phi) is 5.48. The van der Waals surface area contributed by atoms with Crippen LogP contribution in [0.2, 0.25) is 0 Å². The van der Waals surface area contributed by atoms with Crippen LogP contribution in [-0.4, -0.2) is 22.8 Å². The van der Waals surface area contributed by atoms with Crippen LogP contribution in [0.1, 0.15) is 24.0 Å². The summed E-state index contributed by atoms with van der Waals surface area (Å²) in [6.45, 7) is 0.0666. The third-order valence-electron chi connectivity index (χ3n) is 5.16. The lowest BCUT2D eigenvalue weighted by Crippen LogP contribution is -2.24. The number of benzene rings is 3. The molecule has 0 bridgehead atoms. The Hall–Kier alpha value is -3.67. The normalized spacial score (nSPS) is 15.6. The maximum atomic E-state index is 13.9. The lowest BCUT2D eigenvalue weighted by atomic mass is 9.97. The van der Waals surface area contributed by atoms with E-state index >= 15 is 0 Å². The topological polar surface area (TPSA) is 84.9 Å². The van der Waals surface area contributed by atoms with Gasteiger partial charge in [-0.3, -0.25) is 9.79 Å². The van der Waals surface area contributed by atoms with E-state index in [1.54, 1.807) is 36.4 Å². The van der Waals surface area contributed by atoms with E-state index in [1.807, 2.05) is 24.3 Å². The highest BCUT2D eigenvalue weighted by Crippen LogP contribution is 2.39. The van der Waals surface area contributed by atoms with Crippen LogP contribution in [0.4, 0.5) is 4.39 Å². The van der Waals surface area contributed by atoms with Crippen LogP contribution in [0, 0.1) is 5.82 Å². The molecule has 6 heteroatoms. The third-order valence-corrected chi connectivity index (χ3v) is 5.16. The molecule has 0 fully saturated rings. The first-order valence-electron chi connectivity index (χ1n) is 9.68. The zero-order valence-corrected chi connectivity index (χ0v) is 16.2. The van der Waals surface area contributed by atoms with Crippen molar-refractivity contribution in [2.24, 2.45) is 10.7 Å². The van der Waals surface area contributed by atoms with Crippen molar-refractivity contribution in [1.82, 2.24) is 0 Å². The highest BCUT2D eigenvalue weighted by Gasteiger charge is 2.25. The molecule has 3 N–H and O–H groups in total. The van der Waals surface area contributed by atoms with Gasteiger partial charge in [0.25, 0.3) is 0 Å². The summed E-state index contributed by atoms with van der Waals surface area (Å²) >= 11 is 0. The second kappa shape index (κ2) is 8.37. The molecule has 152 valence electrons. The summed E-state index contributed by atoms with van der Waals surface area (Å²) in [5.74, 6) is -0.213. The summed E-state index contributed by atoms with van der Waals surface area (Å²) in [6.07, 6.45) is 1.10. The predicted octanol–water partition coefficient (Wildman–Crippen LogP) is 4.21. The zero-order valence-electron chi connectivity index (χ0n) is 16.2. The van der Waals surface area contributed by atoms with Gasteiger partial charge in [0.2, 0.25) is 5.91 Å². The Bertz CT molecular complexity index is 1130. The van der Waals surface area contributed by atoms with Crippen LogP contribution in [0.15, 0.2) is 71.7 Å². The minimum Gasteiger partial charge on any atom is -0.507 e. The van der Waals surface area contributed by atoms with E-state index < -0.39 is 11.9 Å². The molecule has 0 aliphatic carbocycles. The molecule has 0 saturated heterocycles. The number of carbonyl (C=O) groups is 1. The van der Waals surface area contributed by atoms with Gasteiger partial charge in [0.05, 0.1) is 0 Å². The Morgan fingerprint density at radius 3 is 2.50 bits per heavy atom. The Morgan fingerprint density at radius 2 is 1.73 bits per heavy atom. The second-order valence-electron chi connectivity index (χ2n) is 7.11. The van der Waals surface area contributed by atoms with Gasteiger partial charge >= 0.3 is 0 Å². The number of carbonyl (C=O) groups excluding carboxylic acids is 1. The smallest absolute Gasteiger partial charge is 0.242 e. The molecular weight excluding hydrogens is 383 g/mol. The number of aromatic hydroxyl groups is 1. The van der Waals surface area contributed by atoms with Crippen LogP contribution in [0.25, 0.3) is 11.1 Å². The van der Waals surface area contributed by atoms with Crippen molar-refractivity contribution in [2.45, 2.75) is 25.5 Å². The van der Waals surface area contributed by atoms with Crippen molar-refractivity contribution in [3.05, 3.63) is 83.7 Å². The van der Waals surface area contributed by atoms with Crippen molar-refractivity contribution < 1.29 is 19.0 Å². The molecule has 3 aromatic carbocycles. The standard InChI is InChI=1S/C24H21FN2O3/c25-19-10-3-1-6-15(19)14-30-22-11-4-2-7-16(22)17-8-5-9-18(23(17)28)20-12-13-21(27-20)24(26)29/h1-11,21,28H,12-14H2,(H2,26,29). The number of para-hydroxylation sites is 2. The third kappa shape index (κ3) is 3.89. The molecule has 0 spiro atoms. The SMILES string of the molecule is NC(=O)C1CCC(c2cccc(-c3ccccc3OCc3ccccc3F)c2O)=N1. The van der Waals surface area contributed by atoms with E-state index in [4.69, 9.17) is 10.5 Å². The average Bonchev–Trinajstić information content (AvgIpc) is 3.24. The fraction of sp³-hybridized carbons (Fsp3) is 0.167. The maximum absolute atomic E-state index is 13.9. The molecule has 1 aliphatic rings. The predicted molar refractivity (Wildman–Crippen MR) is 113 cm³/mol. The molecule has 0 saturated carbocycles. The number of phenolic OH excluding ortho intramolecular Hbond substituents is 1. The van der Waals surface area contributed by atoms with Crippen molar-refractivity contribution in [1.29, 1.82) is 0 Å². The first-order valence-corrected chi connectivity index (χ1v) is 9.68. The average molecular weight is 404 g/mol. The number of nitrogens with two attached hydrogens (primary N) is 1. The zero-order chi connectivity index (χ0) is 21.1. The van der Waals surface area contributed by atoms with E-state index in [1.165, 1.54) is 6.07 Å². The number of nitrogens with zero attached hydrogens (tertiary/aromatic N) is 1. The number of ether oxygens (including phenoxy) is 1. The fourth-order valence-corrected chi connectivity index (χ4v) is 3.58. The molecule has 3 aromatic rings. The molecule has 30 heavy (non-hydrogen) atoms. The summed E-state index contributed by atoms with van der Waals surface area (Å²) in [5.41, 5.74) is 8.28. The minimum absolute atomic E-state index is 0.0586. The number of primary amides is 1. The van der Waals surface area contributed by atoms with Crippen molar-refractivity contribution in [2.75, 3.05) is 0 Å². The van der Waals surface area contributed by atoms with Gasteiger partial charge in [-0.1, -0.05) is 48.5 Å². The van der Waals surface area contributed by atoms with Gasteiger partial charge in [-0.05, 0) is 31.0 Å². The maximum Gasteiger partial charge on any atom is 0.242 e. The van der Waals surface area contributed by atoms with Gasteiger partial charge in [-0.25, -0.2) is 4.39 Å². The van der Waals surface area contributed by atoms with E-state index in [0.717, 1.165) is 0 Å². The first-order chi connectivity index (χ1) is 14.5. The van der Waals surface area contributed by atoms with E-state index in [-0.39, 0.29) is 18.2 Å². The van der Waals surface area contributed by atoms with Gasteiger partial charge in [0.15, 0.2) is 0 Å². The molecule has 0 radical (unpaired) electrons. The van der Waals surface area contributed by atoms with Crippen molar-refractivity contribution in [3.63, 3.8) is 0 Å². The van der Waals surface area contributed by atoms with Crippen LogP contribution in [0.5, 0.6) is 11.5 Å². The minimum atomic E-state index is -0.556. The molecule has 1 heterocycles. The summed E-state index contributed by atoms with van der Waals surface area (Å²) < 4.78 is 19.8. The van der Waals surface area contributed by atoms with Crippen LogP contribution >= 0.6 is 0 Å². The Balaban J connectivity index is 1.66. The molecular formula is C24H21FN2O3. The number of hydrogen-bond donors (Lipinski definition) is 2. The highest BCUT2D eigenvalue weighted by molar-refractivity contribution is 6.07. The van der Waals surface area contributed by atoms with Gasteiger partial charge in [-0.15, -0.1) is 0 Å². The van der Waals surface area contributed by atoms with Gasteiger partial charge in [-0.2, -0.15) is 0 Å². The lowest BCUT2D eigenvalue weighted by molar-refractivity contribution is -0.119. The van der Waals surface area contributed by atoms with Gasteiger partial charge in [0, 0.05) is 28.0 Å². The van der Waals surface area contributed by atoms with Crippen molar-refractivity contribution >= 4 is 11.6 Å². The highest BCUT2D eigenvalue weighted by atomic mass is 19.1. The largest absolute Gasteiger partial charge is 0.507 e. The Morgan fingerprint density at radius 1 is 1.03 bits per heavy atom. The number of halogens is 1. The first kappa shape index (κ1) is 19.6. The lowest BCUT2D eigenvalue weighted by Gasteiger charge is -2.15. The molecule has 1 amide bonds. The fourth-order valence-electron chi connectivity index (χ4n) is 3.58. The number of phenols is 1. The summed E-state index contributed by atoms with van der Waals surface area (Å²) in [7, 11) is 0. The van der Waals surface area contributed by atoms with Gasteiger partial charge < -0.3 is 15.6 Å². The van der Waals surface area contributed by atoms with E-state index in [9.17, 15) is 14.3 Å². The summed E-state index contributed by atoms with van der Waals surface area (Å²) in [4.78, 5) is 15.8. The number of rotatable bonds is 6. The van der Waals surface area contributed by atoms with Crippen LogP contribution in [-0.2, 0) is 11.4 Å². The van der Waals surface area contributed by atoms with Crippen LogP contribution < -0.4 is 10.5 Å². The Labute approximate surface area is 173 Å².